The molecule has 1 heterocycles. The van der Waals surface area contributed by atoms with E-state index in [0.717, 1.165) is 0 Å². The van der Waals surface area contributed by atoms with Gasteiger partial charge in [0.25, 0.3) is 10.0 Å². The molecule has 0 saturated carbocycles. The minimum Gasteiger partial charge on any atom is -0.447 e. The summed E-state index contributed by atoms with van der Waals surface area (Å²) in [4.78, 5) is 0. The van der Waals surface area contributed by atoms with E-state index in [-0.39, 0.29) is 11.6 Å². The van der Waals surface area contributed by atoms with E-state index in [2.05, 4.69) is 4.72 Å². The molecule has 0 aliphatic heterocycles. The van der Waals surface area contributed by atoms with Crippen LogP contribution in [0.1, 0.15) is 24.3 Å². The third-order valence-electron chi connectivity index (χ3n) is 2.81. The first kappa shape index (κ1) is 15.1. The monoisotopic (exact) mass is 314 g/mol. The van der Waals surface area contributed by atoms with Crippen molar-refractivity contribution >= 4 is 21.6 Å². The third-order valence-corrected chi connectivity index (χ3v) is 4.56. The van der Waals surface area contributed by atoms with Crippen LogP contribution in [0.4, 0.5) is 0 Å². The van der Waals surface area contributed by atoms with E-state index < -0.39 is 16.1 Å². The van der Waals surface area contributed by atoms with Crippen LogP contribution < -0.4 is 10.5 Å². The minimum absolute atomic E-state index is 0.148. The Labute approximate surface area is 122 Å². The van der Waals surface area contributed by atoms with Crippen LogP contribution >= 0.6 is 11.6 Å². The van der Waals surface area contributed by atoms with Gasteiger partial charge in [0, 0.05) is 11.1 Å². The second-order valence-corrected chi connectivity index (χ2v) is 6.34. The SMILES string of the molecule is CC(NS(=O)(=O)c1ccc(CN)o1)c1ccccc1Cl. The topological polar surface area (TPSA) is 85.3 Å². The van der Waals surface area contributed by atoms with Crippen molar-refractivity contribution in [3.63, 3.8) is 0 Å². The molecule has 20 heavy (non-hydrogen) atoms. The number of furan rings is 1. The molecule has 0 radical (unpaired) electrons. The zero-order valence-electron chi connectivity index (χ0n) is 10.8. The van der Waals surface area contributed by atoms with Gasteiger partial charge in [-0.1, -0.05) is 29.8 Å². The molecule has 0 aliphatic rings. The van der Waals surface area contributed by atoms with Crippen molar-refractivity contribution in [2.24, 2.45) is 5.73 Å². The van der Waals surface area contributed by atoms with E-state index in [1.165, 1.54) is 12.1 Å². The number of rotatable bonds is 5. The second-order valence-electron chi connectivity index (χ2n) is 4.29. The third kappa shape index (κ3) is 3.21. The van der Waals surface area contributed by atoms with Crippen molar-refractivity contribution in [1.29, 1.82) is 0 Å². The molecule has 0 aliphatic carbocycles. The van der Waals surface area contributed by atoms with Gasteiger partial charge in [0.2, 0.25) is 5.09 Å². The smallest absolute Gasteiger partial charge is 0.274 e. The molecule has 1 atom stereocenters. The fraction of sp³-hybridized carbons (Fsp3) is 0.231. The molecule has 0 amide bonds. The molecular weight excluding hydrogens is 300 g/mol. The number of halogens is 1. The maximum absolute atomic E-state index is 12.2. The van der Waals surface area contributed by atoms with Crippen molar-refractivity contribution in [3.8, 4) is 0 Å². The number of sulfonamides is 1. The zero-order valence-corrected chi connectivity index (χ0v) is 12.4. The Morgan fingerprint density at radius 3 is 2.60 bits per heavy atom. The van der Waals surface area contributed by atoms with E-state index in [0.29, 0.717) is 16.3 Å². The highest BCUT2D eigenvalue weighted by molar-refractivity contribution is 7.89. The molecule has 5 nitrogen and oxygen atoms in total. The summed E-state index contributed by atoms with van der Waals surface area (Å²) in [6.07, 6.45) is 0. The Kier molecular flexibility index (Phi) is 4.49. The minimum atomic E-state index is -3.74. The van der Waals surface area contributed by atoms with Gasteiger partial charge in [-0.25, -0.2) is 13.1 Å². The van der Waals surface area contributed by atoms with E-state index in [1.807, 2.05) is 0 Å². The normalized spacial score (nSPS) is 13.3. The lowest BCUT2D eigenvalue weighted by molar-refractivity contribution is 0.411. The quantitative estimate of drug-likeness (QED) is 0.887. The molecule has 3 N–H and O–H groups in total. The van der Waals surface area contributed by atoms with Gasteiger partial charge in [-0.05, 0) is 30.7 Å². The van der Waals surface area contributed by atoms with Crippen LogP contribution in [-0.4, -0.2) is 8.42 Å². The van der Waals surface area contributed by atoms with E-state index in [4.69, 9.17) is 21.8 Å². The van der Waals surface area contributed by atoms with Crippen LogP contribution in [0, 0.1) is 0 Å². The Balaban J connectivity index is 2.22. The van der Waals surface area contributed by atoms with Gasteiger partial charge in [0.05, 0.1) is 6.54 Å². The number of nitrogens with one attached hydrogen (secondary N) is 1. The van der Waals surface area contributed by atoms with Crippen LogP contribution in [0.5, 0.6) is 0 Å². The first-order valence-corrected chi connectivity index (χ1v) is 7.85. The second kappa shape index (κ2) is 5.97. The molecule has 0 spiro atoms. The first-order chi connectivity index (χ1) is 9.44. The van der Waals surface area contributed by atoms with Crippen LogP contribution in [0.3, 0.4) is 0 Å². The molecule has 0 saturated heterocycles. The first-order valence-electron chi connectivity index (χ1n) is 5.99. The number of nitrogens with two attached hydrogens (primary N) is 1. The van der Waals surface area contributed by atoms with Gasteiger partial charge in [0.15, 0.2) is 0 Å². The van der Waals surface area contributed by atoms with Crippen molar-refractivity contribution in [3.05, 3.63) is 52.7 Å². The summed E-state index contributed by atoms with van der Waals surface area (Å²) in [6.45, 7) is 1.86. The van der Waals surface area contributed by atoms with E-state index >= 15 is 0 Å². The number of hydrogen-bond acceptors (Lipinski definition) is 4. The molecule has 7 heteroatoms. The average Bonchev–Trinajstić information content (AvgIpc) is 2.88. The molecule has 2 aromatic rings. The summed E-state index contributed by atoms with van der Waals surface area (Å²) < 4.78 is 32.0. The summed E-state index contributed by atoms with van der Waals surface area (Å²) in [6, 6.07) is 9.50. The van der Waals surface area contributed by atoms with Gasteiger partial charge in [-0.2, -0.15) is 0 Å². The summed E-state index contributed by atoms with van der Waals surface area (Å²) in [7, 11) is -3.74. The van der Waals surface area contributed by atoms with Crippen molar-refractivity contribution in [1.82, 2.24) is 4.72 Å². The summed E-state index contributed by atoms with van der Waals surface area (Å²) in [5, 5.41) is 0.349. The van der Waals surface area contributed by atoms with Crippen LogP contribution in [0.2, 0.25) is 5.02 Å². The van der Waals surface area contributed by atoms with Crippen LogP contribution in [0.25, 0.3) is 0 Å². The highest BCUT2D eigenvalue weighted by atomic mass is 35.5. The Hall–Kier alpha value is -1.34. The highest BCUT2D eigenvalue weighted by Crippen LogP contribution is 2.24. The van der Waals surface area contributed by atoms with Crippen LogP contribution in [-0.2, 0) is 16.6 Å². The fourth-order valence-electron chi connectivity index (χ4n) is 1.79. The summed E-state index contributed by atoms with van der Waals surface area (Å²) >= 11 is 6.05. The number of hydrogen-bond donors (Lipinski definition) is 2. The molecule has 1 unspecified atom stereocenters. The van der Waals surface area contributed by atoms with E-state index in [1.54, 1.807) is 31.2 Å². The predicted molar refractivity (Wildman–Crippen MR) is 76.8 cm³/mol. The van der Waals surface area contributed by atoms with Gasteiger partial charge in [-0.15, -0.1) is 0 Å². The largest absolute Gasteiger partial charge is 0.447 e. The van der Waals surface area contributed by atoms with Gasteiger partial charge >= 0.3 is 0 Å². The zero-order chi connectivity index (χ0) is 14.8. The average molecular weight is 315 g/mol. The van der Waals surface area contributed by atoms with E-state index in [9.17, 15) is 8.42 Å². The lowest BCUT2D eigenvalue weighted by Gasteiger charge is -2.14. The molecule has 0 fully saturated rings. The molecule has 1 aromatic carbocycles. The standard InChI is InChI=1S/C13H15ClN2O3S/c1-9(11-4-2-3-5-12(11)14)16-20(17,18)13-7-6-10(8-15)19-13/h2-7,9,16H,8,15H2,1H3. The molecule has 2 rings (SSSR count). The van der Waals surface area contributed by atoms with Crippen molar-refractivity contribution in [2.45, 2.75) is 24.6 Å². The number of benzene rings is 1. The summed E-state index contributed by atoms with van der Waals surface area (Å²) in [5.74, 6) is 0.413. The van der Waals surface area contributed by atoms with Gasteiger partial charge in [0.1, 0.15) is 5.76 Å². The van der Waals surface area contributed by atoms with Crippen molar-refractivity contribution < 1.29 is 12.8 Å². The molecule has 108 valence electrons. The highest BCUT2D eigenvalue weighted by Gasteiger charge is 2.22. The van der Waals surface area contributed by atoms with Gasteiger partial charge < -0.3 is 10.2 Å². The summed E-state index contributed by atoms with van der Waals surface area (Å²) in [5.41, 5.74) is 6.09. The Morgan fingerprint density at radius 1 is 1.30 bits per heavy atom. The lowest BCUT2D eigenvalue weighted by atomic mass is 10.1. The maximum Gasteiger partial charge on any atom is 0.274 e. The maximum atomic E-state index is 12.2. The Morgan fingerprint density at radius 2 is 2.00 bits per heavy atom. The molecular formula is C13H15ClN2O3S. The van der Waals surface area contributed by atoms with Crippen LogP contribution in [0.15, 0.2) is 45.9 Å². The Bertz CT molecular complexity index is 697. The molecule has 1 aromatic heterocycles. The molecule has 0 bridgehead atoms. The predicted octanol–water partition coefficient (Wildman–Crippen LogP) is 2.43. The van der Waals surface area contributed by atoms with Gasteiger partial charge in [-0.3, -0.25) is 0 Å². The fourth-order valence-corrected chi connectivity index (χ4v) is 3.26. The van der Waals surface area contributed by atoms with Crippen molar-refractivity contribution in [2.75, 3.05) is 0 Å². The lowest BCUT2D eigenvalue weighted by Crippen LogP contribution is -2.26.